The minimum Gasteiger partial charge on any atom is -0.382 e. The average molecular weight is 206 g/mol. The van der Waals surface area contributed by atoms with Crippen molar-refractivity contribution in [2.45, 2.75) is 32.3 Å². The molecule has 0 saturated carbocycles. The van der Waals surface area contributed by atoms with Gasteiger partial charge >= 0.3 is 0 Å². The van der Waals surface area contributed by atoms with Crippen LogP contribution in [0.1, 0.15) is 25.3 Å². The van der Waals surface area contributed by atoms with Crippen LogP contribution in [0.4, 0.5) is 0 Å². The maximum atomic E-state index is 11.6. The molecule has 0 saturated heterocycles. The van der Waals surface area contributed by atoms with Crippen molar-refractivity contribution in [3.05, 3.63) is 35.9 Å². The highest BCUT2D eigenvalue weighted by Crippen LogP contribution is 2.06. The van der Waals surface area contributed by atoms with Crippen molar-refractivity contribution >= 4 is 5.78 Å². The van der Waals surface area contributed by atoms with E-state index in [1.54, 1.807) is 7.11 Å². The van der Waals surface area contributed by atoms with Crippen molar-refractivity contribution in [1.82, 2.24) is 0 Å². The van der Waals surface area contributed by atoms with E-state index in [1.807, 2.05) is 37.3 Å². The number of hydrogen-bond acceptors (Lipinski definition) is 2. The van der Waals surface area contributed by atoms with Gasteiger partial charge in [0.25, 0.3) is 0 Å². The molecule has 2 nitrogen and oxygen atoms in total. The molecule has 0 aliphatic rings. The summed E-state index contributed by atoms with van der Waals surface area (Å²) in [6.07, 6.45) is 2.12. The molecule has 1 aromatic rings. The van der Waals surface area contributed by atoms with Crippen LogP contribution in [0.3, 0.4) is 0 Å². The summed E-state index contributed by atoms with van der Waals surface area (Å²) in [5.41, 5.74) is 1.09. The van der Waals surface area contributed by atoms with Crippen LogP contribution in [0.25, 0.3) is 0 Å². The molecule has 0 amide bonds. The number of hydrogen-bond donors (Lipinski definition) is 0. The molecule has 0 aliphatic heterocycles. The third-order valence-corrected chi connectivity index (χ3v) is 2.48. The lowest BCUT2D eigenvalue weighted by Crippen LogP contribution is -2.10. The van der Waals surface area contributed by atoms with Gasteiger partial charge in [-0.2, -0.15) is 0 Å². The van der Waals surface area contributed by atoms with E-state index >= 15 is 0 Å². The van der Waals surface area contributed by atoms with Gasteiger partial charge < -0.3 is 4.74 Å². The van der Waals surface area contributed by atoms with Crippen LogP contribution in [-0.4, -0.2) is 19.0 Å². The van der Waals surface area contributed by atoms with Crippen molar-refractivity contribution in [2.75, 3.05) is 7.11 Å². The molecule has 1 rings (SSSR count). The Bertz CT molecular complexity index is 293. The van der Waals surface area contributed by atoms with Crippen LogP contribution in [-0.2, 0) is 16.0 Å². The Labute approximate surface area is 91.3 Å². The Balaban J connectivity index is 2.31. The predicted molar refractivity (Wildman–Crippen MR) is 60.9 cm³/mol. The minimum atomic E-state index is 0.171. The Morgan fingerprint density at radius 1 is 1.33 bits per heavy atom. The molecule has 0 aromatic heterocycles. The minimum absolute atomic E-state index is 0.171. The van der Waals surface area contributed by atoms with Gasteiger partial charge in [-0.3, -0.25) is 4.79 Å². The molecule has 0 N–H and O–H groups in total. The van der Waals surface area contributed by atoms with E-state index in [-0.39, 0.29) is 11.9 Å². The molecule has 1 aromatic carbocycles. The van der Waals surface area contributed by atoms with Gasteiger partial charge in [-0.1, -0.05) is 30.3 Å². The van der Waals surface area contributed by atoms with E-state index in [4.69, 9.17) is 4.74 Å². The first-order valence-electron chi connectivity index (χ1n) is 5.31. The van der Waals surface area contributed by atoms with E-state index in [9.17, 15) is 4.79 Å². The van der Waals surface area contributed by atoms with Crippen LogP contribution in [0.15, 0.2) is 30.3 Å². The molecule has 82 valence electrons. The van der Waals surface area contributed by atoms with Crippen molar-refractivity contribution in [2.24, 2.45) is 0 Å². The molecule has 1 atom stereocenters. The van der Waals surface area contributed by atoms with E-state index in [2.05, 4.69) is 0 Å². The highest BCUT2D eigenvalue weighted by atomic mass is 16.5. The van der Waals surface area contributed by atoms with Gasteiger partial charge in [-0.25, -0.2) is 0 Å². The molecule has 15 heavy (non-hydrogen) atoms. The molecule has 0 aliphatic carbocycles. The van der Waals surface area contributed by atoms with Crippen molar-refractivity contribution in [1.29, 1.82) is 0 Å². The third kappa shape index (κ3) is 4.75. The first-order chi connectivity index (χ1) is 7.22. The second-order valence-corrected chi connectivity index (χ2v) is 3.79. The molecule has 2 heteroatoms. The molecular weight excluding hydrogens is 188 g/mol. The Kier molecular flexibility index (Phi) is 5.05. The maximum absolute atomic E-state index is 11.6. The quantitative estimate of drug-likeness (QED) is 0.715. The predicted octanol–water partition coefficient (Wildman–Crippen LogP) is 2.61. The smallest absolute Gasteiger partial charge is 0.137 e. The summed E-state index contributed by atoms with van der Waals surface area (Å²) in [6.45, 7) is 1.98. The topological polar surface area (TPSA) is 26.3 Å². The van der Waals surface area contributed by atoms with Gasteiger partial charge in [-0.05, 0) is 18.9 Å². The number of ether oxygens (including phenoxy) is 1. The first kappa shape index (κ1) is 11.9. The fourth-order valence-electron chi connectivity index (χ4n) is 1.39. The molecular formula is C13H18O2. The molecule has 0 heterocycles. The maximum Gasteiger partial charge on any atom is 0.137 e. The zero-order valence-electron chi connectivity index (χ0n) is 9.40. The molecule has 0 spiro atoms. The lowest BCUT2D eigenvalue weighted by atomic mass is 10.0. The van der Waals surface area contributed by atoms with Crippen molar-refractivity contribution in [3.8, 4) is 0 Å². The highest BCUT2D eigenvalue weighted by Gasteiger charge is 2.06. The second kappa shape index (κ2) is 6.36. The SMILES string of the molecule is COC(C)CCC(=O)Cc1ccccc1. The standard InChI is InChI=1S/C13H18O2/c1-11(15-2)8-9-13(14)10-12-6-4-3-5-7-12/h3-7,11H,8-10H2,1-2H3. The van der Waals surface area contributed by atoms with Gasteiger partial charge in [0.15, 0.2) is 0 Å². The van der Waals surface area contributed by atoms with E-state index in [1.165, 1.54) is 0 Å². The molecule has 0 bridgehead atoms. The first-order valence-corrected chi connectivity index (χ1v) is 5.31. The third-order valence-electron chi connectivity index (χ3n) is 2.48. The van der Waals surface area contributed by atoms with Crippen LogP contribution in [0.2, 0.25) is 0 Å². The summed E-state index contributed by atoms with van der Waals surface area (Å²) in [6, 6.07) is 9.84. The molecule has 0 fully saturated rings. The fourth-order valence-corrected chi connectivity index (χ4v) is 1.39. The number of ketones is 1. The molecule has 0 radical (unpaired) electrons. The van der Waals surface area contributed by atoms with Crippen molar-refractivity contribution < 1.29 is 9.53 Å². The van der Waals surface area contributed by atoms with Gasteiger partial charge in [0.1, 0.15) is 5.78 Å². The van der Waals surface area contributed by atoms with Gasteiger partial charge in [0.2, 0.25) is 0 Å². The lowest BCUT2D eigenvalue weighted by Gasteiger charge is -2.07. The van der Waals surface area contributed by atoms with Crippen LogP contribution in [0, 0.1) is 0 Å². The number of carbonyl (C=O) groups excluding carboxylic acids is 1. The molecule has 1 unspecified atom stereocenters. The summed E-state index contributed by atoms with van der Waals surface area (Å²) in [7, 11) is 1.67. The summed E-state index contributed by atoms with van der Waals surface area (Å²) in [4.78, 5) is 11.6. The van der Waals surface area contributed by atoms with E-state index < -0.39 is 0 Å². The number of methoxy groups -OCH3 is 1. The lowest BCUT2D eigenvalue weighted by molar-refractivity contribution is -0.119. The van der Waals surface area contributed by atoms with Gasteiger partial charge in [0, 0.05) is 20.0 Å². The van der Waals surface area contributed by atoms with Crippen LogP contribution >= 0.6 is 0 Å². The van der Waals surface area contributed by atoms with E-state index in [0.29, 0.717) is 12.8 Å². The largest absolute Gasteiger partial charge is 0.382 e. The fraction of sp³-hybridized carbons (Fsp3) is 0.462. The number of carbonyl (C=O) groups is 1. The Hall–Kier alpha value is -1.15. The van der Waals surface area contributed by atoms with E-state index in [0.717, 1.165) is 12.0 Å². The van der Waals surface area contributed by atoms with Crippen LogP contribution < -0.4 is 0 Å². The summed E-state index contributed by atoms with van der Waals surface area (Å²) >= 11 is 0. The normalized spacial score (nSPS) is 12.4. The summed E-state index contributed by atoms with van der Waals surface area (Å²) in [5, 5.41) is 0. The second-order valence-electron chi connectivity index (χ2n) is 3.79. The monoisotopic (exact) mass is 206 g/mol. The van der Waals surface area contributed by atoms with Gasteiger partial charge in [-0.15, -0.1) is 0 Å². The average Bonchev–Trinajstić information content (AvgIpc) is 2.27. The zero-order valence-corrected chi connectivity index (χ0v) is 9.40. The van der Waals surface area contributed by atoms with Crippen molar-refractivity contribution in [3.63, 3.8) is 0 Å². The van der Waals surface area contributed by atoms with Gasteiger partial charge in [0.05, 0.1) is 6.10 Å². The number of benzene rings is 1. The number of Topliss-reactive ketones (excluding diaryl/α,β-unsaturated/α-hetero) is 1. The summed E-state index contributed by atoms with van der Waals surface area (Å²) in [5.74, 6) is 0.283. The Morgan fingerprint density at radius 2 is 2.00 bits per heavy atom. The van der Waals surface area contributed by atoms with Crippen LogP contribution in [0.5, 0.6) is 0 Å². The Morgan fingerprint density at radius 3 is 2.60 bits per heavy atom. The zero-order chi connectivity index (χ0) is 11.1. The summed E-state index contributed by atoms with van der Waals surface area (Å²) < 4.78 is 5.10. The highest BCUT2D eigenvalue weighted by molar-refractivity contribution is 5.80. The number of rotatable bonds is 6.